The Morgan fingerprint density at radius 2 is 2.00 bits per heavy atom. The van der Waals surface area contributed by atoms with Crippen molar-refractivity contribution in [2.45, 2.75) is 20.4 Å². The first kappa shape index (κ1) is 11.4. The molecule has 0 radical (unpaired) electrons. The maximum Gasteiger partial charge on any atom is 0.237 e. The van der Waals surface area contributed by atoms with E-state index in [1.54, 1.807) is 11.5 Å². The van der Waals surface area contributed by atoms with E-state index in [1.807, 2.05) is 25.1 Å². The molecule has 0 bridgehead atoms. The van der Waals surface area contributed by atoms with Crippen LogP contribution in [-0.4, -0.2) is 10.5 Å². The normalized spacial score (nSPS) is 10.7. The molecule has 1 heterocycles. The molecule has 1 aromatic heterocycles. The first-order valence-corrected chi connectivity index (χ1v) is 5.38. The van der Waals surface area contributed by atoms with Crippen LogP contribution in [0.2, 0.25) is 0 Å². The van der Waals surface area contributed by atoms with E-state index in [1.165, 1.54) is 6.07 Å². The van der Waals surface area contributed by atoms with Crippen molar-refractivity contribution in [3.8, 4) is 0 Å². The van der Waals surface area contributed by atoms with Gasteiger partial charge < -0.3 is 10.3 Å². The fourth-order valence-electron chi connectivity index (χ4n) is 1.98. The minimum Gasteiger partial charge on any atom is -0.368 e. The number of hydrogen-bond donors (Lipinski definition) is 1. The number of amides is 1. The van der Waals surface area contributed by atoms with Crippen LogP contribution in [0.4, 0.5) is 0 Å². The number of carbonyl (C=O) groups excluding carboxylic acids is 1. The number of hydrogen-bond acceptors (Lipinski definition) is 2. The largest absolute Gasteiger partial charge is 0.368 e. The van der Waals surface area contributed by atoms with Gasteiger partial charge in [0, 0.05) is 17.1 Å². The summed E-state index contributed by atoms with van der Waals surface area (Å²) in [6.07, 6.45) is 0. The quantitative estimate of drug-likeness (QED) is 0.839. The third-order valence-electron chi connectivity index (χ3n) is 2.79. The van der Waals surface area contributed by atoms with Crippen LogP contribution in [0.3, 0.4) is 0 Å². The number of nitrogens with two attached hydrogens (primary N) is 1. The summed E-state index contributed by atoms with van der Waals surface area (Å²) >= 11 is 0. The zero-order chi connectivity index (χ0) is 12.6. The third kappa shape index (κ3) is 2.06. The number of benzene rings is 1. The first-order valence-electron chi connectivity index (χ1n) is 5.38. The number of pyridine rings is 1. The summed E-state index contributed by atoms with van der Waals surface area (Å²) < 4.78 is 1.76. The van der Waals surface area contributed by atoms with Crippen LogP contribution >= 0.6 is 0 Å². The standard InChI is InChI=1S/C13H14N2O2/c1-8-3-4-11-10(5-8)12(16)6-9(2)15(11)7-13(14)17/h3-6H,7H2,1-2H3,(H2,14,17). The van der Waals surface area contributed by atoms with Gasteiger partial charge in [-0.2, -0.15) is 0 Å². The highest BCUT2D eigenvalue weighted by Gasteiger charge is 2.08. The van der Waals surface area contributed by atoms with Crippen molar-refractivity contribution in [2.75, 3.05) is 0 Å². The number of rotatable bonds is 2. The predicted octanol–water partition coefficient (Wildman–Crippen LogP) is 1.10. The number of nitrogens with zero attached hydrogens (tertiary/aromatic N) is 1. The third-order valence-corrected chi connectivity index (χ3v) is 2.79. The highest BCUT2D eigenvalue weighted by atomic mass is 16.1. The molecular weight excluding hydrogens is 216 g/mol. The Morgan fingerprint density at radius 1 is 1.29 bits per heavy atom. The van der Waals surface area contributed by atoms with E-state index >= 15 is 0 Å². The van der Waals surface area contributed by atoms with Gasteiger partial charge in [-0.25, -0.2) is 0 Å². The fourth-order valence-corrected chi connectivity index (χ4v) is 1.98. The summed E-state index contributed by atoms with van der Waals surface area (Å²) in [6, 6.07) is 7.13. The average molecular weight is 230 g/mol. The van der Waals surface area contributed by atoms with Gasteiger partial charge >= 0.3 is 0 Å². The van der Waals surface area contributed by atoms with E-state index in [4.69, 9.17) is 5.73 Å². The molecule has 0 atom stereocenters. The first-order chi connectivity index (χ1) is 7.99. The highest BCUT2D eigenvalue weighted by molar-refractivity contribution is 5.82. The van der Waals surface area contributed by atoms with Crippen molar-refractivity contribution in [3.05, 3.63) is 45.7 Å². The Labute approximate surface area is 98.7 Å². The molecule has 2 rings (SSSR count). The summed E-state index contributed by atoms with van der Waals surface area (Å²) in [6.45, 7) is 3.81. The Bertz CT molecular complexity index is 656. The van der Waals surface area contributed by atoms with Crippen molar-refractivity contribution in [2.24, 2.45) is 5.73 Å². The van der Waals surface area contributed by atoms with Crippen LogP contribution in [-0.2, 0) is 11.3 Å². The van der Waals surface area contributed by atoms with E-state index in [0.29, 0.717) is 5.39 Å². The molecule has 0 saturated heterocycles. The Hall–Kier alpha value is -2.10. The second-order valence-corrected chi connectivity index (χ2v) is 4.22. The van der Waals surface area contributed by atoms with Crippen molar-refractivity contribution in [3.63, 3.8) is 0 Å². The number of fused-ring (bicyclic) bond motifs is 1. The predicted molar refractivity (Wildman–Crippen MR) is 66.9 cm³/mol. The van der Waals surface area contributed by atoms with Gasteiger partial charge in [0.15, 0.2) is 5.43 Å². The number of aromatic nitrogens is 1. The van der Waals surface area contributed by atoms with E-state index in [2.05, 4.69) is 0 Å². The molecule has 4 heteroatoms. The smallest absolute Gasteiger partial charge is 0.237 e. The second-order valence-electron chi connectivity index (χ2n) is 4.22. The van der Waals surface area contributed by atoms with Gasteiger partial charge in [-0.3, -0.25) is 9.59 Å². The van der Waals surface area contributed by atoms with Crippen molar-refractivity contribution < 1.29 is 4.79 Å². The van der Waals surface area contributed by atoms with Gasteiger partial charge in [-0.15, -0.1) is 0 Å². The molecule has 0 fully saturated rings. The minimum absolute atomic E-state index is 0.0260. The Morgan fingerprint density at radius 3 is 2.65 bits per heavy atom. The van der Waals surface area contributed by atoms with Crippen molar-refractivity contribution in [1.29, 1.82) is 0 Å². The molecule has 1 aromatic carbocycles. The van der Waals surface area contributed by atoms with Crippen LogP contribution in [0.15, 0.2) is 29.1 Å². The van der Waals surface area contributed by atoms with Crippen LogP contribution in [0.25, 0.3) is 10.9 Å². The second kappa shape index (κ2) is 4.05. The molecule has 0 aliphatic heterocycles. The van der Waals surface area contributed by atoms with E-state index in [9.17, 15) is 9.59 Å². The zero-order valence-corrected chi connectivity index (χ0v) is 9.86. The lowest BCUT2D eigenvalue weighted by Crippen LogP contribution is -2.22. The minimum atomic E-state index is -0.418. The van der Waals surface area contributed by atoms with Gasteiger partial charge in [0.05, 0.1) is 5.52 Å². The lowest BCUT2D eigenvalue weighted by atomic mass is 10.1. The molecule has 88 valence electrons. The lowest BCUT2D eigenvalue weighted by Gasteiger charge is -2.12. The van der Waals surface area contributed by atoms with Gasteiger partial charge in [0.25, 0.3) is 0 Å². The molecule has 2 aromatic rings. The fraction of sp³-hybridized carbons (Fsp3) is 0.231. The molecule has 0 aliphatic carbocycles. The lowest BCUT2D eigenvalue weighted by molar-refractivity contribution is -0.118. The van der Waals surface area contributed by atoms with E-state index < -0.39 is 5.91 Å². The Kier molecular flexibility index (Phi) is 2.71. The number of aryl methyl sites for hydroxylation is 2. The molecule has 17 heavy (non-hydrogen) atoms. The monoisotopic (exact) mass is 230 g/mol. The average Bonchev–Trinajstić information content (AvgIpc) is 2.24. The Balaban J connectivity index is 2.83. The number of carbonyl (C=O) groups is 1. The van der Waals surface area contributed by atoms with E-state index in [0.717, 1.165) is 16.8 Å². The number of primary amides is 1. The molecule has 1 amide bonds. The van der Waals surface area contributed by atoms with E-state index in [-0.39, 0.29) is 12.0 Å². The summed E-state index contributed by atoms with van der Waals surface area (Å²) in [5, 5.41) is 0.622. The summed E-state index contributed by atoms with van der Waals surface area (Å²) in [5.74, 6) is -0.418. The summed E-state index contributed by atoms with van der Waals surface area (Å²) in [5.41, 5.74) is 7.70. The van der Waals surface area contributed by atoms with Crippen molar-refractivity contribution in [1.82, 2.24) is 4.57 Å². The van der Waals surface area contributed by atoms with Gasteiger partial charge in [-0.05, 0) is 26.0 Å². The molecule has 0 saturated carbocycles. The molecule has 2 N–H and O–H groups in total. The highest BCUT2D eigenvalue weighted by Crippen LogP contribution is 2.14. The van der Waals surface area contributed by atoms with Gasteiger partial charge in [0.1, 0.15) is 6.54 Å². The van der Waals surface area contributed by atoms with Crippen LogP contribution in [0.5, 0.6) is 0 Å². The molecule has 0 aliphatic rings. The van der Waals surface area contributed by atoms with Gasteiger partial charge in [0.2, 0.25) is 5.91 Å². The summed E-state index contributed by atoms with van der Waals surface area (Å²) in [7, 11) is 0. The molecule has 4 nitrogen and oxygen atoms in total. The van der Waals surface area contributed by atoms with Crippen molar-refractivity contribution >= 4 is 16.8 Å². The zero-order valence-electron chi connectivity index (χ0n) is 9.86. The molecule has 0 unspecified atom stereocenters. The van der Waals surface area contributed by atoms with Crippen LogP contribution < -0.4 is 11.2 Å². The maximum absolute atomic E-state index is 11.9. The van der Waals surface area contributed by atoms with Crippen LogP contribution in [0.1, 0.15) is 11.3 Å². The molecule has 0 spiro atoms. The maximum atomic E-state index is 11.9. The SMILES string of the molecule is Cc1ccc2c(c1)c(=O)cc(C)n2CC(N)=O. The topological polar surface area (TPSA) is 65.1 Å². The van der Waals surface area contributed by atoms with Gasteiger partial charge in [-0.1, -0.05) is 11.6 Å². The van der Waals surface area contributed by atoms with Crippen LogP contribution in [0, 0.1) is 13.8 Å². The summed E-state index contributed by atoms with van der Waals surface area (Å²) in [4.78, 5) is 22.9. The molecular formula is C13H14N2O2.